The summed E-state index contributed by atoms with van der Waals surface area (Å²) in [6, 6.07) is 12.0. The molecule has 0 unspecified atom stereocenters. The van der Waals surface area contributed by atoms with Gasteiger partial charge in [-0.1, -0.05) is 12.1 Å². The number of aryl methyl sites for hydroxylation is 1. The van der Waals surface area contributed by atoms with Crippen LogP contribution in [0.25, 0.3) is 10.9 Å². The van der Waals surface area contributed by atoms with Crippen LogP contribution in [0.3, 0.4) is 0 Å². The number of hydrogen-bond donors (Lipinski definition) is 0. The average molecular weight is 444 g/mol. The van der Waals surface area contributed by atoms with E-state index >= 15 is 0 Å². The van der Waals surface area contributed by atoms with Crippen LogP contribution in [0.5, 0.6) is 11.5 Å². The molecule has 5 rings (SSSR count). The second kappa shape index (κ2) is 8.54. The van der Waals surface area contributed by atoms with Gasteiger partial charge in [0, 0.05) is 43.4 Å². The largest absolute Gasteiger partial charge is 0.493 e. The number of anilines is 1. The Bertz CT molecular complexity index is 1350. The summed E-state index contributed by atoms with van der Waals surface area (Å²) in [7, 11) is 5.09. The molecule has 168 valence electrons. The third-order valence-electron chi connectivity index (χ3n) is 6.04. The number of aromatic nitrogens is 4. The Kier molecular flexibility index (Phi) is 5.42. The molecule has 0 fully saturated rings. The van der Waals surface area contributed by atoms with Crippen LogP contribution in [0.15, 0.2) is 48.9 Å². The Balaban J connectivity index is 1.39. The number of nitrogens with zero attached hydrogens (tertiary/aromatic N) is 5. The Morgan fingerprint density at radius 2 is 1.88 bits per heavy atom. The summed E-state index contributed by atoms with van der Waals surface area (Å²) in [5.74, 6) is 1.36. The lowest BCUT2D eigenvalue weighted by Crippen LogP contribution is -2.30. The summed E-state index contributed by atoms with van der Waals surface area (Å²) in [5.41, 5.74) is 5.82. The van der Waals surface area contributed by atoms with E-state index in [9.17, 15) is 4.79 Å². The molecule has 0 radical (unpaired) electrons. The number of carbonyl (C=O) groups is 1. The quantitative estimate of drug-likeness (QED) is 0.455. The van der Waals surface area contributed by atoms with Gasteiger partial charge in [-0.25, -0.2) is 9.97 Å². The van der Waals surface area contributed by atoms with Gasteiger partial charge in [-0.2, -0.15) is 5.10 Å². The van der Waals surface area contributed by atoms with E-state index in [2.05, 4.69) is 27.2 Å². The third-order valence-corrected chi connectivity index (χ3v) is 6.04. The lowest BCUT2D eigenvalue weighted by atomic mass is 10.0. The summed E-state index contributed by atoms with van der Waals surface area (Å²) < 4.78 is 12.6. The van der Waals surface area contributed by atoms with Gasteiger partial charge in [0.15, 0.2) is 11.5 Å². The van der Waals surface area contributed by atoms with Gasteiger partial charge in [0.25, 0.3) is 0 Å². The van der Waals surface area contributed by atoms with Crippen LogP contribution < -0.4 is 14.4 Å². The van der Waals surface area contributed by atoms with E-state index in [4.69, 9.17) is 9.47 Å². The van der Waals surface area contributed by atoms with Crippen molar-refractivity contribution in [2.45, 2.75) is 19.3 Å². The van der Waals surface area contributed by atoms with Crippen LogP contribution >= 0.6 is 0 Å². The van der Waals surface area contributed by atoms with Crippen molar-refractivity contribution in [3.8, 4) is 11.5 Å². The average Bonchev–Trinajstić information content (AvgIpc) is 3.43. The van der Waals surface area contributed by atoms with Crippen molar-refractivity contribution in [1.82, 2.24) is 19.7 Å². The van der Waals surface area contributed by atoms with Gasteiger partial charge >= 0.3 is 0 Å². The Hall–Kier alpha value is -3.94. The van der Waals surface area contributed by atoms with Crippen molar-refractivity contribution >= 4 is 22.5 Å². The van der Waals surface area contributed by atoms with Crippen molar-refractivity contribution < 1.29 is 14.3 Å². The molecule has 1 amide bonds. The van der Waals surface area contributed by atoms with Gasteiger partial charge in [-0.3, -0.25) is 9.48 Å². The van der Waals surface area contributed by atoms with Crippen LogP contribution in [0.4, 0.5) is 5.69 Å². The molecule has 0 aliphatic carbocycles. The first-order chi connectivity index (χ1) is 16.1. The number of carbonyl (C=O) groups excluding carboxylic acids is 1. The summed E-state index contributed by atoms with van der Waals surface area (Å²) in [4.78, 5) is 23.7. The van der Waals surface area contributed by atoms with E-state index in [0.29, 0.717) is 30.9 Å². The first kappa shape index (κ1) is 20.9. The van der Waals surface area contributed by atoms with Crippen LogP contribution in [0.2, 0.25) is 0 Å². The molecule has 0 saturated heterocycles. The number of ether oxygens (including phenoxy) is 2. The fourth-order valence-corrected chi connectivity index (χ4v) is 4.40. The zero-order chi connectivity index (χ0) is 22.9. The van der Waals surface area contributed by atoms with E-state index in [1.807, 2.05) is 42.4 Å². The summed E-state index contributed by atoms with van der Waals surface area (Å²) in [6.07, 6.45) is 5.24. The van der Waals surface area contributed by atoms with E-state index < -0.39 is 0 Å². The first-order valence-electron chi connectivity index (χ1n) is 10.8. The predicted molar refractivity (Wildman–Crippen MR) is 125 cm³/mol. The molecule has 0 spiro atoms. The highest BCUT2D eigenvalue weighted by Gasteiger charge is 2.25. The van der Waals surface area contributed by atoms with E-state index in [-0.39, 0.29) is 5.91 Å². The highest BCUT2D eigenvalue weighted by Crippen LogP contribution is 2.34. The fraction of sp³-hybridized carbons (Fsp3) is 0.280. The van der Waals surface area contributed by atoms with Crippen molar-refractivity contribution in [3.63, 3.8) is 0 Å². The molecule has 0 atom stereocenters. The number of methoxy groups -OCH3 is 2. The predicted octanol–water partition coefficient (Wildman–Crippen LogP) is 3.10. The second-order valence-corrected chi connectivity index (χ2v) is 8.14. The number of amides is 1. The molecule has 33 heavy (non-hydrogen) atoms. The van der Waals surface area contributed by atoms with E-state index in [1.165, 1.54) is 5.56 Å². The SMILES string of the molecule is COc1cc2ncnc(Cc3ccc4c(c3)CCN4C(=O)Cc3ccn(C)n3)c2cc1OC. The molecule has 1 aliphatic rings. The monoisotopic (exact) mass is 443 g/mol. The third kappa shape index (κ3) is 4.00. The van der Waals surface area contributed by atoms with Gasteiger partial charge < -0.3 is 14.4 Å². The smallest absolute Gasteiger partial charge is 0.233 e. The summed E-state index contributed by atoms with van der Waals surface area (Å²) >= 11 is 0. The van der Waals surface area contributed by atoms with Gasteiger partial charge in [0.2, 0.25) is 5.91 Å². The van der Waals surface area contributed by atoms with Crippen LogP contribution in [0, 0.1) is 0 Å². The summed E-state index contributed by atoms with van der Waals surface area (Å²) in [6.45, 7) is 0.692. The topological polar surface area (TPSA) is 82.4 Å². The minimum atomic E-state index is 0.0723. The molecule has 2 aromatic heterocycles. The maximum absolute atomic E-state index is 12.9. The summed E-state index contributed by atoms with van der Waals surface area (Å²) in [5, 5.41) is 5.26. The molecule has 0 N–H and O–H groups in total. The van der Waals surface area contributed by atoms with Crippen LogP contribution in [0.1, 0.15) is 22.5 Å². The highest BCUT2D eigenvalue weighted by atomic mass is 16.5. The maximum atomic E-state index is 12.9. The van der Waals surface area contributed by atoms with Gasteiger partial charge in [-0.05, 0) is 35.7 Å². The Labute approximate surface area is 191 Å². The van der Waals surface area contributed by atoms with Gasteiger partial charge in [0.05, 0.1) is 37.5 Å². The van der Waals surface area contributed by atoms with Crippen LogP contribution in [-0.2, 0) is 31.1 Å². The standard InChI is InChI=1S/C25H25N5O3/c1-29-8-7-18(28-29)12-25(31)30-9-6-17-10-16(4-5-22(17)30)11-20-19-13-23(32-2)24(33-3)14-21(19)27-15-26-20/h4-5,7-8,10,13-15H,6,9,11-12H2,1-3H3. The molecule has 0 bridgehead atoms. The van der Waals surface area contributed by atoms with E-state index in [1.54, 1.807) is 25.2 Å². The molecule has 1 aliphatic heterocycles. The van der Waals surface area contributed by atoms with Crippen molar-refractivity contribution in [2.75, 3.05) is 25.7 Å². The molecule has 4 aromatic rings. The zero-order valence-electron chi connectivity index (χ0n) is 18.9. The van der Waals surface area contributed by atoms with Crippen molar-refractivity contribution in [3.05, 3.63) is 71.4 Å². The van der Waals surface area contributed by atoms with Crippen molar-refractivity contribution in [2.24, 2.45) is 7.05 Å². The molecule has 3 heterocycles. The van der Waals surface area contributed by atoms with Crippen LogP contribution in [-0.4, -0.2) is 46.4 Å². The lowest BCUT2D eigenvalue weighted by molar-refractivity contribution is -0.117. The Morgan fingerprint density at radius 1 is 1.06 bits per heavy atom. The molecule has 8 nitrogen and oxygen atoms in total. The first-order valence-corrected chi connectivity index (χ1v) is 10.8. The Morgan fingerprint density at radius 3 is 2.64 bits per heavy atom. The second-order valence-electron chi connectivity index (χ2n) is 8.14. The van der Waals surface area contributed by atoms with Gasteiger partial charge in [-0.15, -0.1) is 0 Å². The minimum Gasteiger partial charge on any atom is -0.493 e. The lowest BCUT2D eigenvalue weighted by Gasteiger charge is -2.17. The van der Waals surface area contributed by atoms with Crippen molar-refractivity contribution in [1.29, 1.82) is 0 Å². The highest BCUT2D eigenvalue weighted by molar-refractivity contribution is 5.96. The van der Waals surface area contributed by atoms with Gasteiger partial charge in [0.1, 0.15) is 6.33 Å². The molecular weight excluding hydrogens is 418 g/mol. The number of fused-ring (bicyclic) bond motifs is 2. The molecule has 0 saturated carbocycles. The molecular formula is C25H25N5O3. The fourth-order valence-electron chi connectivity index (χ4n) is 4.40. The number of benzene rings is 2. The molecule has 8 heteroatoms. The van der Waals surface area contributed by atoms with E-state index in [0.717, 1.165) is 40.0 Å². The molecule has 2 aromatic carbocycles. The minimum absolute atomic E-state index is 0.0723. The zero-order valence-corrected chi connectivity index (χ0v) is 18.9. The number of hydrogen-bond acceptors (Lipinski definition) is 6. The normalized spacial score (nSPS) is 12.8. The maximum Gasteiger partial charge on any atom is 0.233 e. The number of rotatable bonds is 6.